The molecule has 0 aromatic carbocycles. The number of fused-ring (bicyclic) bond motifs is 22. The van der Waals surface area contributed by atoms with Crippen LogP contribution < -0.4 is 0 Å². The molecule has 0 radical (unpaired) electrons. The lowest BCUT2D eigenvalue weighted by Gasteiger charge is -2.52. The Morgan fingerprint density at radius 3 is 1.13 bits per heavy atom. The highest BCUT2D eigenvalue weighted by atomic mass is 16.2. The molecule has 522 valence electrons. The average Bonchev–Trinajstić information content (AvgIpc) is 1.53. The van der Waals surface area contributed by atoms with Gasteiger partial charge in [-0.3, -0.25) is 38.4 Å². The maximum Gasteiger partial charge on any atom is 0.178 e. The number of carbonyl (C=O) groups excluding carboxylic acids is 8. The summed E-state index contributed by atoms with van der Waals surface area (Å²) in [5, 5.41) is 0. The zero-order valence-corrected chi connectivity index (χ0v) is 61.4. The quantitative estimate of drug-likeness (QED) is 0.234. The topological polar surface area (TPSA) is 137 Å². The minimum absolute atomic E-state index is 0.0873. The van der Waals surface area contributed by atoms with E-state index in [9.17, 15) is 38.4 Å². The highest BCUT2D eigenvalue weighted by Crippen LogP contribution is 2.80. The predicted molar refractivity (Wildman–Crippen MR) is 388 cm³/mol. The molecule has 0 aromatic heterocycles. The lowest BCUT2D eigenvalue weighted by Crippen LogP contribution is -2.45. The van der Waals surface area contributed by atoms with Gasteiger partial charge in [-0.15, -0.1) is 0 Å². The first kappa shape index (κ1) is 63.2. The van der Waals surface area contributed by atoms with E-state index in [0.29, 0.717) is 83.0 Å². The molecule has 0 amide bonds. The smallest absolute Gasteiger partial charge is 0.178 e. The van der Waals surface area contributed by atoms with Gasteiger partial charge in [-0.05, 0) is 323 Å². The highest BCUT2D eigenvalue weighted by Gasteiger charge is 2.73. The van der Waals surface area contributed by atoms with E-state index >= 15 is 0 Å². The van der Waals surface area contributed by atoms with Crippen LogP contribution in [0.1, 0.15) is 248 Å². The van der Waals surface area contributed by atoms with Gasteiger partial charge in [0.15, 0.2) is 23.1 Å². The summed E-state index contributed by atoms with van der Waals surface area (Å²) in [6.07, 6.45) is 55.6. The molecular formula is C93H102O8. The zero-order chi connectivity index (χ0) is 69.5. The number of ketones is 8. The van der Waals surface area contributed by atoms with Crippen LogP contribution in [0.5, 0.6) is 0 Å². The molecule has 24 aliphatic rings. The van der Waals surface area contributed by atoms with Crippen LogP contribution in [0.25, 0.3) is 0 Å². The molecule has 5 spiro atoms. The SMILES string of the molecule is CC12C=CC(=O)C=C1C1(CC1)CC1=C2CCC23C(=O)CC[C@]2(C)CC=C13.CC12C=CC(=O)C=C1C1CC1C1=C2CCC23C(=O)CC[C@]2(C)CC=C13.CC12CCC(=O)C=C1C1CC1C1=C2CCC23C(=O)CC[C@]2(C)CC=C13.CC12CCC(=O)C=C1[C@H]1CC1C1=C2CCC23C(=O)CC[C@]2(C)CC=C13. The van der Waals surface area contributed by atoms with Crippen LogP contribution in [0.4, 0.5) is 0 Å². The first-order chi connectivity index (χ1) is 48.1. The van der Waals surface area contributed by atoms with E-state index in [0.717, 1.165) is 148 Å². The highest BCUT2D eigenvalue weighted by molar-refractivity contribution is 6.04. The Morgan fingerprint density at radius 2 is 0.693 bits per heavy atom. The molecule has 0 saturated heterocycles. The molecule has 24 aliphatic carbocycles. The molecule has 8 saturated carbocycles. The number of carbonyl (C=O) groups is 8. The Kier molecular flexibility index (Phi) is 12.2. The number of Topliss-reactive ketones (excluding diaryl/α,β-unsaturated/α-hetero) is 4. The summed E-state index contributed by atoms with van der Waals surface area (Å²) < 4.78 is 0. The van der Waals surface area contributed by atoms with Gasteiger partial charge in [-0.2, -0.15) is 0 Å². The van der Waals surface area contributed by atoms with Crippen molar-refractivity contribution in [1.29, 1.82) is 0 Å². The molecule has 0 N–H and O–H groups in total. The van der Waals surface area contributed by atoms with Gasteiger partial charge in [0.05, 0.1) is 21.7 Å². The number of allylic oxidation sites excluding steroid dienone is 28. The molecule has 18 atom stereocenters. The summed E-state index contributed by atoms with van der Waals surface area (Å²) in [5.74, 6) is 6.43. The number of hydrogen-bond acceptors (Lipinski definition) is 8. The van der Waals surface area contributed by atoms with Crippen LogP contribution in [-0.2, 0) is 38.4 Å². The van der Waals surface area contributed by atoms with E-state index in [1.165, 1.54) is 99.0 Å². The monoisotopic (exact) mass is 1350 g/mol. The van der Waals surface area contributed by atoms with Gasteiger partial charge >= 0.3 is 0 Å². The van der Waals surface area contributed by atoms with Gasteiger partial charge in [0, 0.05) is 60.2 Å². The third-order valence-corrected chi connectivity index (χ3v) is 35.8. The van der Waals surface area contributed by atoms with Gasteiger partial charge in [-0.1, -0.05) is 111 Å². The Balaban J connectivity index is 0.0000000879. The van der Waals surface area contributed by atoms with Gasteiger partial charge in [-0.25, -0.2) is 0 Å². The standard InChI is InChI=1S/C24H26O2.2C23H26O2.C23H24O2/c1-21-7-4-18-16-14-23(11-12-23)19-13-15(25)3-9-22(19,2)17(16)5-10-24(18,21)20(26)6-8-21;3*1-21-7-4-17-20-15-12-14(15)18-11-13(24)3-9-22(18,2)16(20)5-10-23(17,21)19(25)6-8-21/h3-4,9,13H,5-8,10-12,14H2,1-2H3;2*4,11,14-15H,3,5-10,12H2,1-2H3;3-4,9,11,14-15H,5-8,10,12H2,1-2H3/t21-,22?,24?;14?,15?,21-,22?,23?;14-,15?,21-,22?,23?;14?,15?,21-,22?,23?/m0000/s1. The lowest BCUT2D eigenvalue weighted by atomic mass is 9.51. The largest absolute Gasteiger partial charge is 0.299 e. The second kappa shape index (κ2) is 19.4. The van der Waals surface area contributed by atoms with Crippen molar-refractivity contribution in [3.8, 4) is 0 Å². The molecule has 8 nitrogen and oxygen atoms in total. The third kappa shape index (κ3) is 7.34. The minimum Gasteiger partial charge on any atom is -0.299 e. The van der Waals surface area contributed by atoms with Crippen LogP contribution in [0.15, 0.2) is 162 Å². The van der Waals surface area contributed by atoms with Crippen molar-refractivity contribution in [2.75, 3.05) is 0 Å². The van der Waals surface area contributed by atoms with Crippen LogP contribution in [0, 0.1) is 106 Å². The van der Waals surface area contributed by atoms with Crippen molar-refractivity contribution in [3.05, 3.63) is 162 Å². The fourth-order valence-electron chi connectivity index (χ4n) is 29.8. The zero-order valence-electron chi connectivity index (χ0n) is 61.4. The summed E-state index contributed by atoms with van der Waals surface area (Å²) >= 11 is 0. The molecular weight excluding hydrogens is 1250 g/mol. The minimum atomic E-state index is -0.201. The molecule has 0 aromatic rings. The first-order valence-corrected chi connectivity index (χ1v) is 40.4. The maximum absolute atomic E-state index is 13.1. The lowest BCUT2D eigenvalue weighted by molar-refractivity contribution is -0.127. The van der Waals surface area contributed by atoms with Gasteiger partial charge in [0.25, 0.3) is 0 Å². The van der Waals surface area contributed by atoms with Crippen molar-refractivity contribution in [3.63, 3.8) is 0 Å². The van der Waals surface area contributed by atoms with Crippen molar-refractivity contribution < 1.29 is 38.4 Å². The molecule has 0 heterocycles. The van der Waals surface area contributed by atoms with Crippen LogP contribution in [0.3, 0.4) is 0 Å². The van der Waals surface area contributed by atoms with Crippen molar-refractivity contribution >= 4 is 46.3 Å². The Bertz CT molecular complexity index is 4540. The summed E-state index contributed by atoms with van der Waals surface area (Å²) in [5.41, 5.74) is 23.8. The van der Waals surface area contributed by atoms with E-state index in [1.807, 2.05) is 24.3 Å². The predicted octanol–water partition coefficient (Wildman–Crippen LogP) is 18.9. The van der Waals surface area contributed by atoms with E-state index in [1.54, 1.807) is 34.4 Å². The number of rotatable bonds is 0. The molecule has 13 unspecified atom stereocenters. The average molecular weight is 1350 g/mol. The summed E-state index contributed by atoms with van der Waals surface area (Å²) in [6.45, 7) is 18.8. The summed E-state index contributed by atoms with van der Waals surface area (Å²) in [4.78, 5) is 101. The third-order valence-electron chi connectivity index (χ3n) is 35.8. The van der Waals surface area contributed by atoms with Gasteiger partial charge < -0.3 is 0 Å². The summed E-state index contributed by atoms with van der Waals surface area (Å²) in [6, 6.07) is 0. The normalized spacial score (nSPS) is 48.2. The van der Waals surface area contributed by atoms with E-state index in [4.69, 9.17) is 0 Å². The first-order valence-electron chi connectivity index (χ1n) is 40.4. The van der Waals surface area contributed by atoms with E-state index in [-0.39, 0.29) is 82.0 Å². The number of hydrogen-bond donors (Lipinski definition) is 0. The van der Waals surface area contributed by atoms with Crippen molar-refractivity contribution in [2.45, 2.75) is 248 Å². The summed E-state index contributed by atoms with van der Waals surface area (Å²) in [7, 11) is 0. The van der Waals surface area contributed by atoms with Gasteiger partial charge in [0.1, 0.15) is 23.1 Å². The molecule has 24 rings (SSSR count). The molecule has 101 heavy (non-hydrogen) atoms. The van der Waals surface area contributed by atoms with Crippen molar-refractivity contribution in [1.82, 2.24) is 0 Å². The fraction of sp³-hybridized carbons (Fsp3) is 0.613. The molecule has 0 aliphatic heterocycles. The molecule has 0 bridgehead atoms. The van der Waals surface area contributed by atoms with Crippen LogP contribution in [0.2, 0.25) is 0 Å². The Hall–Kier alpha value is -6.28. The van der Waals surface area contributed by atoms with Crippen molar-refractivity contribution in [2.24, 2.45) is 106 Å². The molecule has 8 heteroatoms. The van der Waals surface area contributed by atoms with E-state index in [2.05, 4.69) is 91.8 Å². The second-order valence-electron chi connectivity index (χ2n) is 39.6. The van der Waals surface area contributed by atoms with Gasteiger partial charge in [0.2, 0.25) is 0 Å². The Labute approximate surface area is 597 Å². The van der Waals surface area contributed by atoms with E-state index < -0.39 is 0 Å². The van der Waals surface area contributed by atoms with Crippen LogP contribution >= 0.6 is 0 Å². The maximum atomic E-state index is 13.1. The van der Waals surface area contributed by atoms with Crippen LogP contribution in [-0.4, -0.2) is 46.3 Å². The fourth-order valence-corrected chi connectivity index (χ4v) is 29.8. The molecule has 8 fully saturated rings. The second-order valence-corrected chi connectivity index (χ2v) is 39.6. The Morgan fingerprint density at radius 1 is 0.327 bits per heavy atom.